The van der Waals surface area contributed by atoms with Gasteiger partial charge in [-0.2, -0.15) is 0 Å². The highest BCUT2D eigenvalue weighted by atomic mass is 16.5. The molecular weight excluding hydrogens is 294 g/mol. The third kappa shape index (κ3) is 4.84. The highest BCUT2D eigenvalue weighted by Crippen LogP contribution is 2.16. The average molecular weight is 315 g/mol. The lowest BCUT2D eigenvalue weighted by atomic mass is 10.3. The van der Waals surface area contributed by atoms with Gasteiger partial charge in [0.15, 0.2) is 0 Å². The Labute approximate surface area is 135 Å². The van der Waals surface area contributed by atoms with E-state index in [4.69, 9.17) is 4.74 Å². The molecule has 0 radical (unpaired) electrons. The van der Waals surface area contributed by atoms with Gasteiger partial charge >= 0.3 is 6.03 Å². The second-order valence-corrected chi connectivity index (χ2v) is 5.23. The zero-order chi connectivity index (χ0) is 16.8. The molecule has 23 heavy (non-hydrogen) atoms. The molecule has 122 valence electrons. The first kappa shape index (κ1) is 16.5. The van der Waals surface area contributed by atoms with Crippen LogP contribution in [0, 0.1) is 6.92 Å². The molecule has 0 atom stereocenters. The minimum Gasteiger partial charge on any atom is -0.497 e. The smallest absolute Gasteiger partial charge is 0.319 e. The van der Waals surface area contributed by atoms with E-state index >= 15 is 0 Å². The number of hydrogen-bond acceptors (Lipinski definition) is 5. The van der Waals surface area contributed by atoms with Crippen LogP contribution in [0.2, 0.25) is 0 Å². The van der Waals surface area contributed by atoms with E-state index in [0.29, 0.717) is 23.9 Å². The van der Waals surface area contributed by atoms with Crippen molar-refractivity contribution < 1.29 is 9.53 Å². The highest BCUT2D eigenvalue weighted by molar-refractivity contribution is 5.89. The van der Waals surface area contributed by atoms with Gasteiger partial charge in [-0.3, -0.25) is 0 Å². The second kappa shape index (κ2) is 7.44. The van der Waals surface area contributed by atoms with Gasteiger partial charge in [-0.15, -0.1) is 0 Å². The van der Waals surface area contributed by atoms with Crippen molar-refractivity contribution in [3.8, 4) is 5.75 Å². The predicted molar refractivity (Wildman–Crippen MR) is 89.9 cm³/mol. The van der Waals surface area contributed by atoms with Crippen molar-refractivity contribution in [2.45, 2.75) is 13.5 Å². The Morgan fingerprint density at radius 2 is 2.04 bits per heavy atom. The standard InChI is InChI=1S/C16H21N5O2/c1-11-8-13(19-15(18-11)21(2)3)10-17-16(22)20-12-6-5-7-14(9-12)23-4/h5-9H,10H2,1-4H3,(H2,17,20,22). The number of carbonyl (C=O) groups excluding carboxylic acids is 1. The van der Waals surface area contributed by atoms with E-state index in [1.807, 2.05) is 44.1 Å². The summed E-state index contributed by atoms with van der Waals surface area (Å²) in [6.07, 6.45) is 0. The Hall–Kier alpha value is -2.83. The molecule has 2 amide bonds. The van der Waals surface area contributed by atoms with Crippen LogP contribution in [0.4, 0.5) is 16.4 Å². The van der Waals surface area contributed by atoms with Gasteiger partial charge in [0.2, 0.25) is 5.95 Å². The van der Waals surface area contributed by atoms with Crippen molar-refractivity contribution in [1.82, 2.24) is 15.3 Å². The van der Waals surface area contributed by atoms with Crippen LogP contribution in [0.25, 0.3) is 0 Å². The number of benzene rings is 1. The lowest BCUT2D eigenvalue weighted by Gasteiger charge is -2.13. The van der Waals surface area contributed by atoms with Gasteiger partial charge in [0.1, 0.15) is 5.75 Å². The van der Waals surface area contributed by atoms with Crippen LogP contribution in [0.1, 0.15) is 11.4 Å². The third-order valence-corrected chi connectivity index (χ3v) is 3.05. The number of anilines is 2. The summed E-state index contributed by atoms with van der Waals surface area (Å²) in [6, 6.07) is 8.71. The number of methoxy groups -OCH3 is 1. The number of nitrogens with zero attached hydrogens (tertiary/aromatic N) is 3. The van der Waals surface area contributed by atoms with Crippen LogP contribution in [0.15, 0.2) is 30.3 Å². The topological polar surface area (TPSA) is 79.4 Å². The quantitative estimate of drug-likeness (QED) is 0.884. The normalized spacial score (nSPS) is 10.1. The fourth-order valence-corrected chi connectivity index (χ4v) is 1.95. The number of aryl methyl sites for hydroxylation is 1. The highest BCUT2D eigenvalue weighted by Gasteiger charge is 2.07. The summed E-state index contributed by atoms with van der Waals surface area (Å²) in [4.78, 5) is 22.5. The molecule has 1 aromatic carbocycles. The summed E-state index contributed by atoms with van der Waals surface area (Å²) in [7, 11) is 5.34. The average Bonchev–Trinajstić information content (AvgIpc) is 2.52. The van der Waals surface area contributed by atoms with Gasteiger partial charge in [0, 0.05) is 31.5 Å². The zero-order valence-corrected chi connectivity index (χ0v) is 13.8. The maximum absolute atomic E-state index is 12.0. The summed E-state index contributed by atoms with van der Waals surface area (Å²) in [6.45, 7) is 2.22. The molecule has 0 aliphatic heterocycles. The molecule has 7 heteroatoms. The van der Waals surface area contributed by atoms with Gasteiger partial charge in [0.05, 0.1) is 19.3 Å². The Kier molecular flexibility index (Phi) is 5.35. The number of amides is 2. The van der Waals surface area contributed by atoms with E-state index in [-0.39, 0.29) is 6.03 Å². The zero-order valence-electron chi connectivity index (χ0n) is 13.8. The molecule has 0 saturated heterocycles. The van der Waals surface area contributed by atoms with Crippen LogP contribution in [0.5, 0.6) is 5.75 Å². The maximum Gasteiger partial charge on any atom is 0.319 e. The molecule has 0 aliphatic carbocycles. The summed E-state index contributed by atoms with van der Waals surface area (Å²) in [5, 5.41) is 5.53. The van der Waals surface area contributed by atoms with Crippen molar-refractivity contribution in [1.29, 1.82) is 0 Å². The molecule has 0 unspecified atom stereocenters. The molecule has 0 saturated carbocycles. The fraction of sp³-hybridized carbons (Fsp3) is 0.312. The van der Waals surface area contributed by atoms with E-state index < -0.39 is 0 Å². The monoisotopic (exact) mass is 315 g/mol. The largest absolute Gasteiger partial charge is 0.497 e. The van der Waals surface area contributed by atoms with Gasteiger partial charge in [-0.25, -0.2) is 14.8 Å². The van der Waals surface area contributed by atoms with Crippen molar-refractivity contribution in [2.24, 2.45) is 0 Å². The van der Waals surface area contributed by atoms with E-state index in [1.54, 1.807) is 19.2 Å². The molecular formula is C16H21N5O2. The van der Waals surface area contributed by atoms with Crippen molar-refractivity contribution in [2.75, 3.05) is 31.4 Å². The first-order valence-electron chi connectivity index (χ1n) is 7.18. The molecule has 2 aromatic rings. The van der Waals surface area contributed by atoms with Gasteiger partial charge < -0.3 is 20.3 Å². The summed E-state index contributed by atoms with van der Waals surface area (Å²) in [5.74, 6) is 1.31. The fourth-order valence-electron chi connectivity index (χ4n) is 1.95. The van der Waals surface area contributed by atoms with Gasteiger partial charge in [-0.1, -0.05) is 6.07 Å². The maximum atomic E-state index is 12.0. The van der Waals surface area contributed by atoms with Gasteiger partial charge in [0.25, 0.3) is 0 Å². The van der Waals surface area contributed by atoms with Crippen LogP contribution >= 0.6 is 0 Å². The first-order valence-corrected chi connectivity index (χ1v) is 7.18. The number of nitrogens with one attached hydrogen (secondary N) is 2. The molecule has 1 aromatic heterocycles. The molecule has 0 bridgehead atoms. The third-order valence-electron chi connectivity index (χ3n) is 3.05. The number of rotatable bonds is 5. The summed E-state index contributed by atoms with van der Waals surface area (Å²) >= 11 is 0. The van der Waals surface area contributed by atoms with Crippen LogP contribution in [-0.4, -0.2) is 37.2 Å². The van der Waals surface area contributed by atoms with Crippen molar-refractivity contribution >= 4 is 17.7 Å². The Morgan fingerprint density at radius 1 is 1.26 bits per heavy atom. The summed E-state index contributed by atoms with van der Waals surface area (Å²) < 4.78 is 5.12. The van der Waals surface area contributed by atoms with E-state index in [2.05, 4.69) is 20.6 Å². The molecule has 0 spiro atoms. The molecule has 7 nitrogen and oxygen atoms in total. The number of carbonyl (C=O) groups is 1. The van der Waals surface area contributed by atoms with Crippen molar-refractivity contribution in [3.05, 3.63) is 41.7 Å². The number of hydrogen-bond donors (Lipinski definition) is 2. The minimum absolute atomic E-state index is 0.305. The number of aromatic nitrogens is 2. The molecule has 0 aliphatic rings. The van der Waals surface area contributed by atoms with E-state index in [0.717, 1.165) is 11.4 Å². The van der Waals surface area contributed by atoms with Crippen LogP contribution < -0.4 is 20.3 Å². The minimum atomic E-state index is -0.305. The number of ether oxygens (including phenoxy) is 1. The second-order valence-electron chi connectivity index (χ2n) is 5.23. The van der Waals surface area contributed by atoms with Crippen LogP contribution in [0.3, 0.4) is 0 Å². The predicted octanol–water partition coefficient (Wildman–Crippen LogP) is 2.18. The molecule has 2 rings (SSSR count). The van der Waals surface area contributed by atoms with E-state index in [9.17, 15) is 4.79 Å². The molecule has 2 N–H and O–H groups in total. The van der Waals surface area contributed by atoms with E-state index in [1.165, 1.54) is 0 Å². The Morgan fingerprint density at radius 3 is 2.74 bits per heavy atom. The lowest BCUT2D eigenvalue weighted by molar-refractivity contribution is 0.251. The Balaban J connectivity index is 1.96. The first-order chi connectivity index (χ1) is 11.0. The van der Waals surface area contributed by atoms with Crippen LogP contribution in [-0.2, 0) is 6.54 Å². The molecule has 0 fully saturated rings. The number of urea groups is 1. The van der Waals surface area contributed by atoms with Gasteiger partial charge in [-0.05, 0) is 25.1 Å². The lowest BCUT2D eigenvalue weighted by Crippen LogP contribution is -2.29. The summed E-state index contributed by atoms with van der Waals surface area (Å²) in [5.41, 5.74) is 2.27. The molecule has 1 heterocycles. The SMILES string of the molecule is COc1cccc(NC(=O)NCc2cc(C)nc(N(C)C)n2)c1. The van der Waals surface area contributed by atoms with Crippen molar-refractivity contribution in [3.63, 3.8) is 0 Å². The Bertz CT molecular complexity index is 688.